The fraction of sp³-hybridized carbons (Fsp3) is 0.346. The molecule has 4 rings (SSSR count). The molecule has 0 unspecified atom stereocenters. The lowest BCUT2D eigenvalue weighted by Crippen LogP contribution is -2.35. The van der Waals surface area contributed by atoms with Crippen LogP contribution in [-0.2, 0) is 14.9 Å². The van der Waals surface area contributed by atoms with Gasteiger partial charge in [-0.3, -0.25) is 9.69 Å². The molecule has 172 valence electrons. The molecule has 0 bridgehead atoms. The zero-order valence-electron chi connectivity index (χ0n) is 19.0. The summed E-state index contributed by atoms with van der Waals surface area (Å²) in [7, 11) is 0. The SMILES string of the molecule is CC(C)(C)c1ccc(C(=O)Oc2ccc(/C=C3\SC(=S)N(C[C@@H]4CCCO4)C3=O)cc2)cc1. The third-order valence-electron chi connectivity index (χ3n) is 5.66. The van der Waals surface area contributed by atoms with Crippen molar-refractivity contribution >= 4 is 46.3 Å². The largest absolute Gasteiger partial charge is 0.423 e. The van der Waals surface area contributed by atoms with Crippen LogP contribution in [0.25, 0.3) is 6.08 Å². The maximum atomic E-state index is 12.8. The van der Waals surface area contributed by atoms with Gasteiger partial charge in [-0.25, -0.2) is 4.79 Å². The molecule has 2 aromatic rings. The van der Waals surface area contributed by atoms with E-state index in [1.807, 2.05) is 30.3 Å². The highest BCUT2D eigenvalue weighted by Crippen LogP contribution is 2.33. The van der Waals surface area contributed by atoms with Crippen molar-refractivity contribution in [2.75, 3.05) is 13.2 Å². The maximum absolute atomic E-state index is 12.8. The van der Waals surface area contributed by atoms with Gasteiger partial charge >= 0.3 is 5.97 Å². The quantitative estimate of drug-likeness (QED) is 0.240. The second-order valence-corrected chi connectivity index (χ2v) is 10.9. The number of ether oxygens (including phenoxy) is 2. The summed E-state index contributed by atoms with van der Waals surface area (Å²) in [6, 6.07) is 14.6. The average molecular weight is 482 g/mol. The molecule has 2 aliphatic heterocycles. The molecular weight excluding hydrogens is 454 g/mol. The summed E-state index contributed by atoms with van der Waals surface area (Å²) in [5.74, 6) is -0.0455. The van der Waals surface area contributed by atoms with Crippen LogP contribution in [0.15, 0.2) is 53.4 Å². The van der Waals surface area contributed by atoms with E-state index in [1.54, 1.807) is 29.2 Å². The molecule has 0 radical (unpaired) electrons. The zero-order chi connectivity index (χ0) is 23.6. The smallest absolute Gasteiger partial charge is 0.343 e. The molecule has 2 heterocycles. The van der Waals surface area contributed by atoms with E-state index in [2.05, 4.69) is 20.8 Å². The van der Waals surface area contributed by atoms with Gasteiger partial charge in [0.1, 0.15) is 10.1 Å². The van der Waals surface area contributed by atoms with Gasteiger partial charge in [-0.05, 0) is 59.7 Å². The van der Waals surface area contributed by atoms with Crippen molar-refractivity contribution in [2.45, 2.75) is 45.1 Å². The first-order chi connectivity index (χ1) is 15.7. The standard InChI is InChI=1S/C26H27NO4S2/c1-26(2,3)19-10-8-18(9-11-19)24(29)31-20-12-6-17(7-13-20)15-22-23(28)27(25(32)33-22)16-21-5-4-14-30-21/h6-13,15,21H,4-5,14,16H2,1-3H3/b22-15-/t21-/m0/s1. The third-order valence-corrected chi connectivity index (χ3v) is 7.04. The van der Waals surface area contributed by atoms with E-state index in [0.717, 1.165) is 30.6 Å². The summed E-state index contributed by atoms with van der Waals surface area (Å²) in [5.41, 5.74) is 2.52. The van der Waals surface area contributed by atoms with E-state index >= 15 is 0 Å². The van der Waals surface area contributed by atoms with Crippen molar-refractivity contribution in [3.63, 3.8) is 0 Å². The zero-order valence-corrected chi connectivity index (χ0v) is 20.6. The Labute approximate surface area is 204 Å². The van der Waals surface area contributed by atoms with E-state index < -0.39 is 5.97 Å². The first-order valence-corrected chi connectivity index (χ1v) is 12.2. The number of thiocarbonyl (C=S) groups is 1. The molecule has 2 aliphatic rings. The van der Waals surface area contributed by atoms with E-state index in [-0.39, 0.29) is 17.4 Å². The molecule has 2 saturated heterocycles. The number of carbonyl (C=O) groups excluding carboxylic acids is 2. The normalized spacial score (nSPS) is 20.0. The topological polar surface area (TPSA) is 55.8 Å². The minimum atomic E-state index is -0.404. The van der Waals surface area contributed by atoms with E-state index in [9.17, 15) is 9.59 Å². The summed E-state index contributed by atoms with van der Waals surface area (Å²) in [6.45, 7) is 7.64. The Balaban J connectivity index is 1.39. The average Bonchev–Trinajstić information content (AvgIpc) is 3.39. The van der Waals surface area contributed by atoms with E-state index in [0.29, 0.717) is 27.1 Å². The van der Waals surface area contributed by atoms with Crippen LogP contribution in [0.4, 0.5) is 0 Å². The Hall–Kier alpha value is -2.48. The van der Waals surface area contributed by atoms with E-state index in [4.69, 9.17) is 21.7 Å². The Morgan fingerprint density at radius 2 is 1.88 bits per heavy atom. The van der Waals surface area contributed by atoms with Gasteiger partial charge in [0.05, 0.1) is 23.1 Å². The van der Waals surface area contributed by atoms with Crippen LogP contribution in [0.5, 0.6) is 5.75 Å². The van der Waals surface area contributed by atoms with Crippen molar-refractivity contribution < 1.29 is 19.1 Å². The van der Waals surface area contributed by atoms with Crippen LogP contribution in [0.1, 0.15) is 55.1 Å². The summed E-state index contributed by atoms with van der Waals surface area (Å²) in [5, 5.41) is 0. The van der Waals surface area contributed by atoms with Crippen molar-refractivity contribution in [2.24, 2.45) is 0 Å². The molecule has 1 atom stereocenters. The second kappa shape index (κ2) is 9.79. The highest BCUT2D eigenvalue weighted by Gasteiger charge is 2.34. The number of esters is 1. The first-order valence-electron chi connectivity index (χ1n) is 11.0. The van der Waals surface area contributed by atoms with Gasteiger partial charge in [-0.15, -0.1) is 0 Å². The number of carbonyl (C=O) groups is 2. The molecular formula is C26H27NO4S2. The van der Waals surface area contributed by atoms with Crippen LogP contribution < -0.4 is 4.74 Å². The molecule has 7 heteroatoms. The van der Waals surface area contributed by atoms with E-state index in [1.165, 1.54) is 11.8 Å². The number of rotatable bonds is 5. The monoisotopic (exact) mass is 481 g/mol. The lowest BCUT2D eigenvalue weighted by molar-refractivity contribution is -0.123. The predicted octanol–water partition coefficient (Wildman–Crippen LogP) is 5.58. The Morgan fingerprint density at radius 1 is 1.18 bits per heavy atom. The number of nitrogens with zero attached hydrogens (tertiary/aromatic N) is 1. The molecule has 0 aromatic heterocycles. The molecule has 1 amide bonds. The molecule has 0 spiro atoms. The lowest BCUT2D eigenvalue weighted by atomic mass is 9.87. The predicted molar refractivity (Wildman–Crippen MR) is 135 cm³/mol. The number of benzene rings is 2. The van der Waals surface area contributed by atoms with Crippen LogP contribution in [0.3, 0.4) is 0 Å². The van der Waals surface area contributed by atoms with Crippen LogP contribution >= 0.6 is 24.0 Å². The third kappa shape index (κ3) is 5.72. The second-order valence-electron chi connectivity index (χ2n) is 9.21. The maximum Gasteiger partial charge on any atom is 0.343 e. The summed E-state index contributed by atoms with van der Waals surface area (Å²) >= 11 is 6.71. The minimum Gasteiger partial charge on any atom is -0.423 e. The minimum absolute atomic E-state index is 0.0246. The Kier molecular flexibility index (Phi) is 7.02. The number of thioether (sulfide) groups is 1. The molecule has 0 aliphatic carbocycles. The Bertz CT molecular complexity index is 1080. The summed E-state index contributed by atoms with van der Waals surface area (Å²) in [4.78, 5) is 27.5. The van der Waals surface area contributed by atoms with Crippen molar-refractivity contribution in [3.05, 3.63) is 70.1 Å². The first kappa shape index (κ1) is 23.7. The van der Waals surface area contributed by atoms with Crippen LogP contribution in [0, 0.1) is 0 Å². The number of hydrogen-bond acceptors (Lipinski definition) is 6. The van der Waals surface area contributed by atoms with Crippen LogP contribution in [-0.4, -0.2) is 40.4 Å². The van der Waals surface area contributed by atoms with Crippen molar-refractivity contribution in [3.8, 4) is 5.75 Å². The highest BCUT2D eigenvalue weighted by molar-refractivity contribution is 8.26. The van der Waals surface area contributed by atoms with Gasteiger partial charge in [0, 0.05) is 6.61 Å². The molecule has 5 nitrogen and oxygen atoms in total. The van der Waals surface area contributed by atoms with Crippen molar-refractivity contribution in [1.82, 2.24) is 4.90 Å². The highest BCUT2D eigenvalue weighted by atomic mass is 32.2. The molecule has 0 N–H and O–H groups in total. The van der Waals surface area contributed by atoms with Gasteiger partial charge in [0.15, 0.2) is 0 Å². The molecule has 33 heavy (non-hydrogen) atoms. The van der Waals surface area contributed by atoms with Crippen molar-refractivity contribution in [1.29, 1.82) is 0 Å². The lowest BCUT2D eigenvalue weighted by Gasteiger charge is -2.18. The van der Waals surface area contributed by atoms with Gasteiger partial charge < -0.3 is 9.47 Å². The van der Waals surface area contributed by atoms with Gasteiger partial charge in [-0.2, -0.15) is 0 Å². The Morgan fingerprint density at radius 3 is 2.48 bits per heavy atom. The summed E-state index contributed by atoms with van der Waals surface area (Å²) in [6.07, 6.45) is 3.85. The number of hydrogen-bond donors (Lipinski definition) is 0. The van der Waals surface area contributed by atoms with Crippen LogP contribution in [0.2, 0.25) is 0 Å². The number of amides is 1. The fourth-order valence-corrected chi connectivity index (χ4v) is 4.98. The fourth-order valence-electron chi connectivity index (χ4n) is 3.71. The molecule has 2 aromatic carbocycles. The summed E-state index contributed by atoms with van der Waals surface area (Å²) < 4.78 is 11.7. The molecule has 2 fully saturated rings. The van der Waals surface area contributed by atoms with Gasteiger partial charge in [0.25, 0.3) is 5.91 Å². The van der Waals surface area contributed by atoms with Gasteiger partial charge in [-0.1, -0.05) is 69.0 Å². The molecule has 0 saturated carbocycles. The van der Waals surface area contributed by atoms with Gasteiger partial charge in [0.2, 0.25) is 0 Å².